The maximum atomic E-state index is 13.7. The molecule has 22 heavy (non-hydrogen) atoms. The first-order chi connectivity index (χ1) is 10.3. The van der Waals surface area contributed by atoms with Crippen LogP contribution in [0.3, 0.4) is 0 Å². The molecule has 3 rings (SSSR count). The summed E-state index contributed by atoms with van der Waals surface area (Å²) in [6, 6.07) is 7.98. The molecule has 0 radical (unpaired) electrons. The van der Waals surface area contributed by atoms with Crippen molar-refractivity contribution in [3.63, 3.8) is 0 Å². The number of nitrogens with one attached hydrogen (secondary N) is 1. The summed E-state index contributed by atoms with van der Waals surface area (Å²) in [6.45, 7) is 0. The molecule has 0 unspecified atom stereocenters. The summed E-state index contributed by atoms with van der Waals surface area (Å²) in [7, 11) is -3.95. The number of sulfonamides is 1. The highest BCUT2D eigenvalue weighted by atomic mass is 35.5. The number of nitrogens with zero attached hydrogens (tertiary/aromatic N) is 1. The van der Waals surface area contributed by atoms with E-state index in [-0.39, 0.29) is 15.6 Å². The van der Waals surface area contributed by atoms with Gasteiger partial charge in [0.1, 0.15) is 5.82 Å². The van der Waals surface area contributed by atoms with Gasteiger partial charge in [0.25, 0.3) is 10.0 Å². The molecule has 1 heterocycles. The summed E-state index contributed by atoms with van der Waals surface area (Å²) in [6.07, 6.45) is 0. The van der Waals surface area contributed by atoms with Crippen molar-refractivity contribution in [2.24, 2.45) is 0 Å². The van der Waals surface area contributed by atoms with Gasteiger partial charge in [0.2, 0.25) is 0 Å². The van der Waals surface area contributed by atoms with Crippen molar-refractivity contribution in [2.45, 2.75) is 4.90 Å². The monoisotopic (exact) mass is 376 g/mol. The van der Waals surface area contributed by atoms with Gasteiger partial charge >= 0.3 is 0 Å². The molecule has 0 atom stereocenters. The van der Waals surface area contributed by atoms with E-state index in [1.54, 1.807) is 6.07 Å². The van der Waals surface area contributed by atoms with E-state index >= 15 is 0 Å². The van der Waals surface area contributed by atoms with Gasteiger partial charge < -0.3 is 0 Å². The van der Waals surface area contributed by atoms with Gasteiger partial charge in [0, 0.05) is 5.02 Å². The van der Waals surface area contributed by atoms with E-state index in [1.807, 2.05) is 0 Å². The lowest BCUT2D eigenvalue weighted by Crippen LogP contribution is -2.13. The molecule has 114 valence electrons. The summed E-state index contributed by atoms with van der Waals surface area (Å²) >= 11 is 12.7. The van der Waals surface area contributed by atoms with Gasteiger partial charge in [-0.25, -0.2) is 17.8 Å². The number of aromatic nitrogens is 1. The first-order valence-corrected chi connectivity index (χ1v) is 8.95. The number of hydrogen-bond acceptors (Lipinski definition) is 4. The van der Waals surface area contributed by atoms with E-state index in [2.05, 4.69) is 9.71 Å². The summed E-state index contributed by atoms with van der Waals surface area (Å²) in [5.74, 6) is -0.713. The fourth-order valence-corrected chi connectivity index (χ4v) is 4.22. The average molecular weight is 377 g/mol. The quantitative estimate of drug-likeness (QED) is 0.729. The lowest BCUT2D eigenvalue weighted by Gasteiger charge is -2.09. The van der Waals surface area contributed by atoms with Crippen LogP contribution in [0.25, 0.3) is 10.2 Å². The van der Waals surface area contributed by atoms with Crippen LogP contribution < -0.4 is 4.72 Å². The predicted molar refractivity (Wildman–Crippen MR) is 86.8 cm³/mol. The molecule has 1 N–H and O–H groups in total. The van der Waals surface area contributed by atoms with Crippen LogP contribution >= 0.6 is 34.5 Å². The average Bonchev–Trinajstić information content (AvgIpc) is 2.81. The summed E-state index contributed by atoms with van der Waals surface area (Å²) in [5.41, 5.74) is 0.387. The van der Waals surface area contributed by atoms with Crippen LogP contribution in [-0.4, -0.2) is 13.4 Å². The van der Waals surface area contributed by atoms with Crippen LogP contribution in [0.15, 0.2) is 41.3 Å². The van der Waals surface area contributed by atoms with Crippen LogP contribution in [0.5, 0.6) is 0 Å². The normalized spacial score (nSPS) is 11.8. The van der Waals surface area contributed by atoms with Crippen molar-refractivity contribution < 1.29 is 12.8 Å². The van der Waals surface area contributed by atoms with E-state index in [1.165, 1.54) is 24.3 Å². The molecule has 1 aromatic heterocycles. The molecule has 2 aromatic carbocycles. The van der Waals surface area contributed by atoms with Gasteiger partial charge in [-0.1, -0.05) is 23.2 Å². The van der Waals surface area contributed by atoms with E-state index in [0.717, 1.165) is 17.4 Å². The molecular formula is C13H7Cl2FN2O2S2. The lowest BCUT2D eigenvalue weighted by atomic mass is 10.3. The zero-order valence-corrected chi connectivity index (χ0v) is 13.8. The Bertz CT molecular complexity index is 973. The molecule has 0 amide bonds. The number of thiazole rings is 1. The van der Waals surface area contributed by atoms with E-state index in [9.17, 15) is 12.8 Å². The van der Waals surface area contributed by atoms with Crippen LogP contribution in [0.4, 0.5) is 10.1 Å². The largest absolute Gasteiger partial charge is 0.277 e. The first kappa shape index (κ1) is 15.5. The van der Waals surface area contributed by atoms with Gasteiger partial charge in [-0.2, -0.15) is 0 Å². The number of anilines is 1. The van der Waals surface area contributed by atoms with Crippen molar-refractivity contribution in [1.29, 1.82) is 0 Å². The molecule has 0 spiro atoms. The Kier molecular flexibility index (Phi) is 3.98. The number of halogens is 3. The molecule has 3 aromatic rings. The highest BCUT2D eigenvalue weighted by Crippen LogP contribution is 2.29. The number of hydrogen-bond donors (Lipinski definition) is 1. The molecule has 9 heteroatoms. The summed E-state index contributed by atoms with van der Waals surface area (Å²) in [4.78, 5) is 4.02. The fourth-order valence-electron chi connectivity index (χ4n) is 1.82. The predicted octanol–water partition coefficient (Wildman–Crippen LogP) is 4.54. The van der Waals surface area contributed by atoms with Crippen molar-refractivity contribution in [2.75, 3.05) is 4.72 Å². The zero-order chi connectivity index (χ0) is 15.9. The van der Waals surface area contributed by atoms with Gasteiger partial charge in [0.05, 0.1) is 20.8 Å². The molecule has 0 saturated heterocycles. The molecule has 4 nitrogen and oxygen atoms in total. The molecule has 0 aliphatic rings. The Morgan fingerprint density at radius 1 is 1.14 bits per heavy atom. The van der Waals surface area contributed by atoms with Crippen LogP contribution in [0, 0.1) is 5.82 Å². The molecule has 0 fully saturated rings. The van der Waals surface area contributed by atoms with Crippen LogP contribution in [0.2, 0.25) is 9.49 Å². The van der Waals surface area contributed by atoms with E-state index in [4.69, 9.17) is 23.2 Å². The Balaban J connectivity index is 2.02. The minimum absolute atomic E-state index is 0.0142. The number of rotatable bonds is 3. The third-order valence-electron chi connectivity index (χ3n) is 2.82. The maximum Gasteiger partial charge on any atom is 0.262 e. The first-order valence-electron chi connectivity index (χ1n) is 5.89. The van der Waals surface area contributed by atoms with Gasteiger partial charge in [0.15, 0.2) is 4.47 Å². The zero-order valence-electron chi connectivity index (χ0n) is 10.7. The van der Waals surface area contributed by atoms with Crippen molar-refractivity contribution >= 4 is 60.5 Å². The van der Waals surface area contributed by atoms with Crippen molar-refractivity contribution in [3.05, 3.63) is 51.7 Å². The topological polar surface area (TPSA) is 59.1 Å². The molecule has 0 bridgehead atoms. The van der Waals surface area contributed by atoms with Crippen LogP contribution in [-0.2, 0) is 10.0 Å². The minimum atomic E-state index is -3.95. The highest BCUT2D eigenvalue weighted by molar-refractivity contribution is 7.92. The standard InChI is InChI=1S/C13H7Cl2FN2O2S2/c14-7-1-3-9(16)11(5-7)18-22(19,20)8-2-4-10-12(6-8)21-13(15)17-10/h1-6,18H. The fraction of sp³-hybridized carbons (Fsp3) is 0. The second-order valence-corrected chi connectivity index (χ2v) is 8.06. The smallest absolute Gasteiger partial charge is 0.262 e. The Labute approximate surface area is 139 Å². The number of fused-ring (bicyclic) bond motifs is 1. The second-order valence-electron chi connectivity index (χ2n) is 4.33. The van der Waals surface area contributed by atoms with Crippen LogP contribution in [0.1, 0.15) is 0 Å². The lowest BCUT2D eigenvalue weighted by molar-refractivity contribution is 0.598. The van der Waals surface area contributed by atoms with Gasteiger partial charge in [-0.15, -0.1) is 11.3 Å². The third kappa shape index (κ3) is 3.03. The molecule has 0 aliphatic carbocycles. The summed E-state index contributed by atoms with van der Waals surface area (Å²) < 4.78 is 41.5. The molecular weight excluding hydrogens is 370 g/mol. The minimum Gasteiger partial charge on any atom is -0.277 e. The second kappa shape index (κ2) is 5.66. The summed E-state index contributed by atoms with van der Waals surface area (Å²) in [5, 5.41) is 0.226. The highest BCUT2D eigenvalue weighted by Gasteiger charge is 2.18. The SMILES string of the molecule is O=S(=O)(Nc1cc(Cl)ccc1F)c1ccc2nc(Cl)sc2c1. The van der Waals surface area contributed by atoms with Crippen molar-refractivity contribution in [3.8, 4) is 0 Å². The maximum absolute atomic E-state index is 13.7. The van der Waals surface area contributed by atoms with Gasteiger partial charge in [-0.05, 0) is 36.4 Å². The van der Waals surface area contributed by atoms with E-state index in [0.29, 0.717) is 14.7 Å². The third-order valence-corrected chi connectivity index (χ3v) is 5.54. The molecule has 0 saturated carbocycles. The molecule has 0 aliphatic heterocycles. The Hall–Kier alpha value is -1.41. The van der Waals surface area contributed by atoms with Crippen molar-refractivity contribution in [1.82, 2.24) is 4.98 Å². The van der Waals surface area contributed by atoms with Gasteiger partial charge in [-0.3, -0.25) is 4.72 Å². The Morgan fingerprint density at radius 3 is 2.68 bits per heavy atom. The Morgan fingerprint density at radius 2 is 1.91 bits per heavy atom. The van der Waals surface area contributed by atoms with E-state index < -0.39 is 15.8 Å². The number of benzene rings is 2.